The topological polar surface area (TPSA) is 99.8 Å². The third-order valence-electron chi connectivity index (χ3n) is 3.05. The number of sulfonamides is 1. The summed E-state index contributed by atoms with van der Waals surface area (Å²) in [7, 11) is -0.114. The Morgan fingerprint density at radius 2 is 2.00 bits per heavy atom. The number of aryl methyl sites for hydroxylation is 1. The van der Waals surface area contributed by atoms with E-state index in [0.717, 1.165) is 6.07 Å². The highest BCUT2D eigenvalue weighted by atomic mass is 32.2. The number of furan rings is 1. The van der Waals surface area contributed by atoms with Crippen LogP contribution in [0.1, 0.15) is 30.2 Å². The molecule has 1 aromatic heterocycles. The van der Waals surface area contributed by atoms with Gasteiger partial charge in [0.25, 0.3) is 0 Å². The molecule has 0 aliphatic heterocycles. The zero-order valence-electron chi connectivity index (χ0n) is 12.9. The van der Waals surface area contributed by atoms with Crippen LogP contribution in [0.25, 0.3) is 0 Å². The van der Waals surface area contributed by atoms with Crippen LogP contribution in [0.5, 0.6) is 0 Å². The molecule has 0 aliphatic rings. The molecule has 7 nitrogen and oxygen atoms in total. The highest BCUT2D eigenvalue weighted by Crippen LogP contribution is 2.21. The van der Waals surface area contributed by atoms with Gasteiger partial charge in [-0.3, -0.25) is 0 Å². The Balaban J connectivity index is 3.07. The van der Waals surface area contributed by atoms with Crippen molar-refractivity contribution >= 4 is 16.0 Å². The average Bonchev–Trinajstić information content (AvgIpc) is 2.70. The molecule has 0 amide bonds. The maximum Gasteiger partial charge on any atom is 0.371 e. The third-order valence-corrected chi connectivity index (χ3v) is 4.64. The molecule has 0 aliphatic carbocycles. The van der Waals surface area contributed by atoms with Gasteiger partial charge in [0.15, 0.2) is 0 Å². The van der Waals surface area contributed by atoms with Crippen LogP contribution in [0.2, 0.25) is 0 Å². The van der Waals surface area contributed by atoms with Crippen LogP contribution in [0.4, 0.5) is 0 Å². The lowest BCUT2D eigenvalue weighted by Gasteiger charge is -2.25. The molecule has 0 bridgehead atoms. The van der Waals surface area contributed by atoms with Crippen LogP contribution >= 0.6 is 0 Å². The minimum atomic E-state index is -3.83. The summed E-state index contributed by atoms with van der Waals surface area (Å²) in [5.74, 6) is -1.53. The Morgan fingerprint density at radius 1 is 1.43 bits per heavy atom. The number of nitrogens with zero attached hydrogens (tertiary/aromatic N) is 1. The van der Waals surface area contributed by atoms with Crippen LogP contribution in [0.15, 0.2) is 15.4 Å². The van der Waals surface area contributed by atoms with Gasteiger partial charge in [0.1, 0.15) is 10.7 Å². The summed E-state index contributed by atoms with van der Waals surface area (Å²) < 4.78 is 32.4. The molecule has 0 saturated heterocycles. The van der Waals surface area contributed by atoms with Gasteiger partial charge in [-0.15, -0.1) is 0 Å². The Kier molecular flexibility index (Phi) is 5.54. The number of likely N-dealkylation sites (N-methyl/N-ethyl adjacent to an activating group) is 1. The fraction of sp³-hybridized carbons (Fsp3) is 0.615. The second-order valence-electron chi connectivity index (χ2n) is 5.57. The zero-order valence-corrected chi connectivity index (χ0v) is 13.7. The van der Waals surface area contributed by atoms with Crippen molar-refractivity contribution in [2.24, 2.45) is 5.92 Å². The van der Waals surface area contributed by atoms with E-state index in [0.29, 0.717) is 6.54 Å². The maximum atomic E-state index is 12.4. The summed E-state index contributed by atoms with van der Waals surface area (Å²) in [5.41, 5.74) is 0. The number of carbonyl (C=O) groups is 1. The third kappa shape index (κ3) is 4.55. The molecule has 2 N–H and O–H groups in total. The predicted octanol–water partition coefficient (Wildman–Crippen LogP) is 1.15. The van der Waals surface area contributed by atoms with E-state index in [-0.39, 0.29) is 28.4 Å². The van der Waals surface area contributed by atoms with E-state index >= 15 is 0 Å². The summed E-state index contributed by atoms with van der Waals surface area (Å²) in [4.78, 5) is 12.6. The fourth-order valence-corrected chi connectivity index (χ4v) is 3.43. The summed E-state index contributed by atoms with van der Waals surface area (Å²) in [6.45, 7) is 5.81. The van der Waals surface area contributed by atoms with Gasteiger partial charge in [0.05, 0.1) is 0 Å². The summed E-state index contributed by atoms with van der Waals surface area (Å²) in [6, 6.07) is 0.750. The number of carboxylic acid groups (broad SMARTS) is 1. The van der Waals surface area contributed by atoms with E-state index in [9.17, 15) is 13.2 Å². The standard InChI is InChI=1S/C13H22N2O5S/c1-8(2)10(7-15(4)5)14-21(18,19)12-6-11(13(16)17)20-9(12)3/h6,8,10,14H,7H2,1-5H3,(H,16,17). The van der Waals surface area contributed by atoms with Crippen molar-refractivity contribution in [1.82, 2.24) is 9.62 Å². The van der Waals surface area contributed by atoms with E-state index < -0.39 is 16.0 Å². The first kappa shape index (κ1) is 17.7. The normalized spacial score (nSPS) is 13.9. The predicted molar refractivity (Wildman–Crippen MR) is 77.9 cm³/mol. The SMILES string of the molecule is Cc1oc(C(=O)O)cc1S(=O)(=O)NC(CN(C)C)C(C)C. The average molecular weight is 318 g/mol. The Morgan fingerprint density at radius 3 is 2.38 bits per heavy atom. The van der Waals surface area contributed by atoms with Gasteiger partial charge in [0, 0.05) is 18.7 Å². The lowest BCUT2D eigenvalue weighted by Crippen LogP contribution is -2.44. The smallest absolute Gasteiger partial charge is 0.371 e. The second kappa shape index (κ2) is 6.59. The number of nitrogens with one attached hydrogen (secondary N) is 1. The van der Waals surface area contributed by atoms with Gasteiger partial charge >= 0.3 is 5.97 Å². The highest BCUT2D eigenvalue weighted by Gasteiger charge is 2.27. The molecule has 1 atom stereocenters. The molecular formula is C13H22N2O5S. The van der Waals surface area contributed by atoms with Gasteiger partial charge in [0.2, 0.25) is 15.8 Å². The molecule has 1 heterocycles. The summed E-state index contributed by atoms with van der Waals surface area (Å²) >= 11 is 0. The minimum absolute atomic E-state index is 0.0623. The fourth-order valence-electron chi connectivity index (χ4n) is 1.88. The van der Waals surface area contributed by atoms with Crippen molar-refractivity contribution in [1.29, 1.82) is 0 Å². The first-order valence-electron chi connectivity index (χ1n) is 6.55. The second-order valence-corrected chi connectivity index (χ2v) is 7.25. The lowest BCUT2D eigenvalue weighted by atomic mass is 10.1. The van der Waals surface area contributed by atoms with E-state index in [1.165, 1.54) is 6.92 Å². The van der Waals surface area contributed by atoms with Crippen molar-refractivity contribution < 1.29 is 22.7 Å². The maximum absolute atomic E-state index is 12.4. The molecule has 0 radical (unpaired) electrons. The van der Waals surface area contributed by atoms with Crippen molar-refractivity contribution in [3.8, 4) is 0 Å². The molecule has 1 unspecified atom stereocenters. The van der Waals surface area contributed by atoms with Gasteiger partial charge in [-0.05, 0) is 26.9 Å². The Hall–Kier alpha value is -1.38. The number of rotatable bonds is 7. The Bertz CT molecular complexity index is 604. The lowest BCUT2D eigenvalue weighted by molar-refractivity contribution is 0.0661. The first-order chi connectivity index (χ1) is 9.54. The number of hydrogen-bond donors (Lipinski definition) is 2. The van der Waals surface area contributed by atoms with E-state index in [1.807, 2.05) is 32.8 Å². The molecular weight excluding hydrogens is 296 g/mol. The summed E-state index contributed by atoms with van der Waals surface area (Å²) in [6.07, 6.45) is 0. The van der Waals surface area contributed by atoms with Gasteiger partial charge in [-0.1, -0.05) is 13.8 Å². The monoisotopic (exact) mass is 318 g/mol. The van der Waals surface area contributed by atoms with Crippen molar-refractivity contribution in [3.05, 3.63) is 17.6 Å². The largest absolute Gasteiger partial charge is 0.475 e. The van der Waals surface area contributed by atoms with Gasteiger partial charge in [-0.25, -0.2) is 17.9 Å². The molecule has 1 rings (SSSR count). The summed E-state index contributed by atoms with van der Waals surface area (Å²) in [5, 5.41) is 8.86. The molecule has 0 spiro atoms. The first-order valence-corrected chi connectivity index (χ1v) is 8.03. The number of aromatic carboxylic acids is 1. The van der Waals surface area contributed by atoms with Crippen molar-refractivity contribution in [3.63, 3.8) is 0 Å². The van der Waals surface area contributed by atoms with Crippen LogP contribution in [0, 0.1) is 12.8 Å². The minimum Gasteiger partial charge on any atom is -0.475 e. The zero-order chi connectivity index (χ0) is 16.4. The number of carboxylic acids is 1. The van der Waals surface area contributed by atoms with Crippen LogP contribution in [-0.4, -0.2) is 51.1 Å². The molecule has 0 saturated carbocycles. The van der Waals surface area contributed by atoms with Crippen molar-refractivity contribution in [2.45, 2.75) is 31.7 Å². The molecule has 1 aromatic rings. The molecule has 120 valence electrons. The Labute approximate surface area is 125 Å². The molecule has 0 aromatic carbocycles. The van der Waals surface area contributed by atoms with E-state index in [1.54, 1.807) is 0 Å². The van der Waals surface area contributed by atoms with Crippen LogP contribution in [0.3, 0.4) is 0 Å². The van der Waals surface area contributed by atoms with Gasteiger partial charge < -0.3 is 14.4 Å². The quantitative estimate of drug-likeness (QED) is 0.782. The van der Waals surface area contributed by atoms with E-state index in [4.69, 9.17) is 9.52 Å². The van der Waals surface area contributed by atoms with Crippen LogP contribution < -0.4 is 4.72 Å². The molecule has 0 fully saturated rings. The molecule has 21 heavy (non-hydrogen) atoms. The van der Waals surface area contributed by atoms with Crippen LogP contribution in [-0.2, 0) is 10.0 Å². The highest BCUT2D eigenvalue weighted by molar-refractivity contribution is 7.89. The van der Waals surface area contributed by atoms with E-state index in [2.05, 4.69) is 4.72 Å². The van der Waals surface area contributed by atoms with Crippen molar-refractivity contribution in [2.75, 3.05) is 20.6 Å². The van der Waals surface area contributed by atoms with Gasteiger partial charge in [-0.2, -0.15) is 0 Å². The number of hydrogen-bond acceptors (Lipinski definition) is 5. The molecule has 8 heteroatoms.